The van der Waals surface area contributed by atoms with Gasteiger partial charge in [-0.1, -0.05) is 0 Å². The number of pyridine rings is 1. The Morgan fingerprint density at radius 3 is 2.60 bits per heavy atom. The van der Waals surface area contributed by atoms with Crippen molar-refractivity contribution in [1.82, 2.24) is 14.8 Å². The quantitative estimate of drug-likeness (QED) is 0.637. The van der Waals surface area contributed by atoms with Crippen molar-refractivity contribution in [3.05, 3.63) is 27.9 Å². The molecule has 8 heteroatoms. The van der Waals surface area contributed by atoms with Crippen LogP contribution in [0.25, 0.3) is 0 Å². The highest BCUT2D eigenvalue weighted by atomic mass is 16.6. The van der Waals surface area contributed by atoms with Gasteiger partial charge in [-0.2, -0.15) is 0 Å². The number of hydrogen-bond donors (Lipinski definition) is 1. The molecule has 2 heterocycles. The largest absolute Gasteiger partial charge is 0.373 e. The zero-order valence-electron chi connectivity index (χ0n) is 11.5. The minimum atomic E-state index is -0.574. The van der Waals surface area contributed by atoms with Gasteiger partial charge in [0.1, 0.15) is 17.6 Å². The molecule has 1 amide bonds. The van der Waals surface area contributed by atoms with Gasteiger partial charge in [-0.25, -0.2) is 4.98 Å². The van der Waals surface area contributed by atoms with Gasteiger partial charge in [0.15, 0.2) is 0 Å². The van der Waals surface area contributed by atoms with Crippen LogP contribution in [-0.4, -0.2) is 65.9 Å². The number of carbonyl (C=O) groups is 1. The van der Waals surface area contributed by atoms with E-state index in [1.54, 1.807) is 11.9 Å². The highest BCUT2D eigenvalue weighted by molar-refractivity contribution is 5.98. The molecule has 1 aromatic rings. The van der Waals surface area contributed by atoms with E-state index in [0.29, 0.717) is 18.9 Å². The minimum absolute atomic E-state index is 0.0823. The van der Waals surface area contributed by atoms with Gasteiger partial charge in [0, 0.05) is 39.3 Å². The fraction of sp³-hybridized carbons (Fsp3) is 0.500. The number of aromatic nitrogens is 1. The van der Waals surface area contributed by atoms with E-state index in [-0.39, 0.29) is 17.2 Å². The monoisotopic (exact) mass is 279 g/mol. The summed E-state index contributed by atoms with van der Waals surface area (Å²) >= 11 is 0. The van der Waals surface area contributed by atoms with Crippen LogP contribution in [0.2, 0.25) is 0 Å². The van der Waals surface area contributed by atoms with Gasteiger partial charge in [0.05, 0.1) is 4.92 Å². The normalized spacial score (nSPS) is 16.0. The lowest BCUT2D eigenvalue weighted by Gasteiger charge is -2.32. The highest BCUT2D eigenvalue weighted by Crippen LogP contribution is 2.22. The van der Waals surface area contributed by atoms with Crippen LogP contribution in [0.15, 0.2) is 12.3 Å². The molecule has 0 radical (unpaired) electrons. The van der Waals surface area contributed by atoms with Crippen LogP contribution >= 0.6 is 0 Å². The second-order valence-corrected chi connectivity index (χ2v) is 4.69. The summed E-state index contributed by atoms with van der Waals surface area (Å²) in [5, 5.41) is 13.8. The molecule has 0 atom stereocenters. The number of rotatable bonds is 3. The van der Waals surface area contributed by atoms with Crippen molar-refractivity contribution in [1.29, 1.82) is 0 Å². The predicted octanol–water partition coefficient (Wildman–Crippen LogP) is 0.419. The fourth-order valence-corrected chi connectivity index (χ4v) is 2.08. The van der Waals surface area contributed by atoms with Crippen molar-refractivity contribution >= 4 is 17.4 Å². The standard InChI is InChI=1S/C12H17N5O3/c1-13-11-7-9(10(8-14-11)17(19)20)12(18)16-5-3-15(2)4-6-16/h7-8H,3-6H2,1-2H3,(H,13,14). The van der Waals surface area contributed by atoms with Gasteiger partial charge < -0.3 is 15.1 Å². The van der Waals surface area contributed by atoms with E-state index in [9.17, 15) is 14.9 Å². The minimum Gasteiger partial charge on any atom is -0.373 e. The molecule has 2 rings (SSSR count). The number of hydrogen-bond acceptors (Lipinski definition) is 6. The Morgan fingerprint density at radius 2 is 2.05 bits per heavy atom. The topological polar surface area (TPSA) is 91.6 Å². The average Bonchev–Trinajstić information content (AvgIpc) is 2.46. The van der Waals surface area contributed by atoms with E-state index in [2.05, 4.69) is 15.2 Å². The number of nitrogens with zero attached hydrogens (tertiary/aromatic N) is 4. The van der Waals surface area contributed by atoms with Crippen molar-refractivity contribution in [3.8, 4) is 0 Å². The maximum atomic E-state index is 12.4. The third-order valence-electron chi connectivity index (χ3n) is 3.36. The Hall–Kier alpha value is -2.22. The first kappa shape index (κ1) is 14.2. The summed E-state index contributed by atoms with van der Waals surface area (Å²) in [5.41, 5.74) is -0.174. The fourth-order valence-electron chi connectivity index (χ4n) is 2.08. The molecule has 0 unspecified atom stereocenters. The maximum Gasteiger partial charge on any atom is 0.300 e. The van der Waals surface area contributed by atoms with Gasteiger partial charge in [0.2, 0.25) is 0 Å². The van der Waals surface area contributed by atoms with E-state index < -0.39 is 4.92 Å². The summed E-state index contributed by atoms with van der Waals surface area (Å²) < 4.78 is 0. The zero-order valence-corrected chi connectivity index (χ0v) is 11.5. The first-order valence-corrected chi connectivity index (χ1v) is 6.33. The van der Waals surface area contributed by atoms with Crippen LogP contribution in [0.3, 0.4) is 0 Å². The summed E-state index contributed by atoms with van der Waals surface area (Å²) in [6.07, 6.45) is 1.12. The van der Waals surface area contributed by atoms with Crippen LogP contribution in [0.5, 0.6) is 0 Å². The van der Waals surface area contributed by atoms with Gasteiger partial charge in [-0.05, 0) is 7.05 Å². The highest BCUT2D eigenvalue weighted by Gasteiger charge is 2.27. The van der Waals surface area contributed by atoms with Crippen molar-refractivity contribution in [3.63, 3.8) is 0 Å². The van der Waals surface area contributed by atoms with Crippen LogP contribution < -0.4 is 5.32 Å². The van der Waals surface area contributed by atoms with Gasteiger partial charge in [-0.3, -0.25) is 14.9 Å². The maximum absolute atomic E-state index is 12.4. The molecule has 20 heavy (non-hydrogen) atoms. The molecular weight excluding hydrogens is 262 g/mol. The number of anilines is 1. The van der Waals surface area contributed by atoms with Gasteiger partial charge in [0.25, 0.3) is 11.6 Å². The molecular formula is C12H17N5O3. The molecule has 1 fully saturated rings. The van der Waals surface area contributed by atoms with Crippen molar-refractivity contribution in [2.75, 3.05) is 45.6 Å². The molecule has 0 saturated carbocycles. The van der Waals surface area contributed by atoms with Gasteiger partial charge >= 0.3 is 0 Å². The summed E-state index contributed by atoms with van der Waals surface area (Å²) in [7, 11) is 3.63. The third-order valence-corrected chi connectivity index (χ3v) is 3.36. The molecule has 0 spiro atoms. The number of nitrogens with one attached hydrogen (secondary N) is 1. The summed E-state index contributed by atoms with van der Waals surface area (Å²) in [5.74, 6) is 0.122. The average molecular weight is 279 g/mol. The molecule has 8 nitrogen and oxygen atoms in total. The predicted molar refractivity (Wildman–Crippen MR) is 73.8 cm³/mol. The third kappa shape index (κ3) is 2.85. The molecule has 1 N–H and O–H groups in total. The van der Waals surface area contributed by atoms with Crippen molar-refractivity contribution in [2.45, 2.75) is 0 Å². The molecule has 1 aliphatic rings. The lowest BCUT2D eigenvalue weighted by atomic mass is 10.1. The molecule has 0 aromatic carbocycles. The van der Waals surface area contributed by atoms with E-state index in [4.69, 9.17) is 0 Å². The molecule has 0 bridgehead atoms. The Bertz CT molecular complexity index is 526. The molecule has 1 saturated heterocycles. The molecule has 0 aliphatic carbocycles. The smallest absolute Gasteiger partial charge is 0.300 e. The van der Waals surface area contributed by atoms with E-state index in [1.807, 2.05) is 7.05 Å². The molecule has 108 valence electrons. The second kappa shape index (κ2) is 5.83. The Labute approximate surface area is 116 Å². The van der Waals surface area contributed by atoms with Crippen LogP contribution in [0, 0.1) is 10.1 Å². The van der Waals surface area contributed by atoms with Crippen molar-refractivity contribution < 1.29 is 9.72 Å². The number of nitro groups is 1. The summed E-state index contributed by atoms with van der Waals surface area (Å²) in [6.45, 7) is 2.68. The van der Waals surface area contributed by atoms with Crippen LogP contribution in [-0.2, 0) is 0 Å². The first-order chi connectivity index (χ1) is 9.52. The number of likely N-dealkylation sites (N-methyl/N-ethyl adjacent to an activating group) is 1. The summed E-state index contributed by atoms with van der Waals surface area (Å²) in [6, 6.07) is 1.43. The SMILES string of the molecule is CNc1cc(C(=O)N2CCN(C)CC2)c([N+](=O)[O-])cn1. The van der Waals surface area contributed by atoms with Crippen LogP contribution in [0.4, 0.5) is 11.5 Å². The van der Waals surface area contributed by atoms with Crippen molar-refractivity contribution in [2.24, 2.45) is 0 Å². The van der Waals surface area contributed by atoms with Gasteiger partial charge in [-0.15, -0.1) is 0 Å². The lowest BCUT2D eigenvalue weighted by Crippen LogP contribution is -2.47. The Kier molecular flexibility index (Phi) is 4.14. The van der Waals surface area contributed by atoms with E-state index in [0.717, 1.165) is 19.3 Å². The number of piperazine rings is 1. The van der Waals surface area contributed by atoms with Crippen LogP contribution in [0.1, 0.15) is 10.4 Å². The number of amides is 1. The molecule has 1 aromatic heterocycles. The number of carbonyl (C=O) groups excluding carboxylic acids is 1. The van der Waals surface area contributed by atoms with E-state index in [1.165, 1.54) is 6.07 Å². The Balaban J connectivity index is 2.30. The lowest BCUT2D eigenvalue weighted by molar-refractivity contribution is -0.385. The second-order valence-electron chi connectivity index (χ2n) is 4.69. The van der Waals surface area contributed by atoms with E-state index >= 15 is 0 Å². The molecule has 1 aliphatic heterocycles. The first-order valence-electron chi connectivity index (χ1n) is 6.33. The summed E-state index contributed by atoms with van der Waals surface area (Å²) in [4.78, 5) is 30.5. The zero-order chi connectivity index (χ0) is 14.7. The Morgan fingerprint density at radius 1 is 1.40 bits per heavy atom.